The lowest BCUT2D eigenvalue weighted by Crippen LogP contribution is -2.33. The molecule has 4 rings (SSSR count). The van der Waals surface area contributed by atoms with Crippen molar-refractivity contribution in [2.45, 2.75) is 30.6 Å². The average Bonchev–Trinajstić information content (AvgIpc) is 2.84. The molecule has 0 radical (unpaired) electrons. The summed E-state index contributed by atoms with van der Waals surface area (Å²) in [5, 5.41) is 4.32. The third-order valence-electron chi connectivity index (χ3n) is 6.37. The van der Waals surface area contributed by atoms with Crippen LogP contribution in [0.4, 0.5) is 24.9 Å². The highest BCUT2D eigenvalue weighted by Gasteiger charge is 2.27. The number of hydrogen-bond donors (Lipinski definition) is 2. The summed E-state index contributed by atoms with van der Waals surface area (Å²) in [6, 6.07) is 9.17. The van der Waals surface area contributed by atoms with Crippen LogP contribution in [0.5, 0.6) is 0 Å². The molecule has 11 heteroatoms. The number of sulfonamides is 1. The Balaban J connectivity index is 1.30. The van der Waals surface area contributed by atoms with E-state index in [4.69, 9.17) is 0 Å². The van der Waals surface area contributed by atoms with Crippen LogP contribution in [-0.2, 0) is 10.0 Å². The first-order chi connectivity index (χ1) is 16.7. The molecule has 0 atom stereocenters. The SMILES string of the molecule is CN(C)c1nc(NC[C@H]2CC[C@H](CNS(=O)(=O)c3ccc(F)c(F)c3F)CC2)nc2ccccc12. The van der Waals surface area contributed by atoms with Crippen molar-refractivity contribution in [3.05, 3.63) is 53.8 Å². The number of nitrogens with one attached hydrogen (secondary N) is 2. The van der Waals surface area contributed by atoms with Crippen molar-refractivity contribution in [1.29, 1.82) is 0 Å². The molecule has 35 heavy (non-hydrogen) atoms. The number of fused-ring (bicyclic) bond motifs is 1. The number of hydrogen-bond acceptors (Lipinski definition) is 6. The van der Waals surface area contributed by atoms with E-state index in [1.54, 1.807) is 0 Å². The molecule has 3 aromatic rings. The van der Waals surface area contributed by atoms with Gasteiger partial charge in [0.15, 0.2) is 17.5 Å². The highest BCUT2D eigenvalue weighted by atomic mass is 32.2. The molecule has 2 aromatic carbocycles. The Labute approximate surface area is 202 Å². The normalized spacial score (nSPS) is 18.5. The van der Waals surface area contributed by atoms with Gasteiger partial charge in [0.2, 0.25) is 16.0 Å². The van der Waals surface area contributed by atoms with Crippen molar-refractivity contribution < 1.29 is 21.6 Å². The number of aromatic nitrogens is 2. The molecular weight excluding hydrogens is 479 g/mol. The molecule has 0 bridgehead atoms. The quantitative estimate of drug-likeness (QED) is 0.442. The third kappa shape index (κ3) is 5.67. The van der Waals surface area contributed by atoms with Crippen LogP contribution in [0.3, 0.4) is 0 Å². The molecule has 0 unspecified atom stereocenters. The van der Waals surface area contributed by atoms with Crippen molar-refractivity contribution >= 4 is 32.7 Å². The summed E-state index contributed by atoms with van der Waals surface area (Å²) in [5.41, 5.74) is 0.863. The second kappa shape index (κ2) is 10.4. The molecular formula is C24H28F3N5O2S. The van der Waals surface area contributed by atoms with Gasteiger partial charge in [-0.2, -0.15) is 4.98 Å². The summed E-state index contributed by atoms with van der Waals surface area (Å²) in [6.45, 7) is 0.810. The summed E-state index contributed by atoms with van der Waals surface area (Å²) < 4.78 is 67.6. The number of anilines is 2. The van der Waals surface area contributed by atoms with E-state index in [-0.39, 0.29) is 12.5 Å². The molecule has 7 nitrogen and oxygen atoms in total. The molecule has 1 aromatic heterocycles. The van der Waals surface area contributed by atoms with Crippen molar-refractivity contribution in [3.8, 4) is 0 Å². The van der Waals surface area contributed by atoms with E-state index in [1.807, 2.05) is 43.3 Å². The number of rotatable bonds is 8. The first kappa shape index (κ1) is 25.2. The number of benzene rings is 2. The molecule has 1 fully saturated rings. The van der Waals surface area contributed by atoms with Gasteiger partial charge < -0.3 is 10.2 Å². The average molecular weight is 508 g/mol. The molecule has 2 N–H and O–H groups in total. The third-order valence-corrected chi connectivity index (χ3v) is 7.81. The number of para-hydroxylation sites is 1. The molecule has 1 aliphatic carbocycles. The van der Waals surface area contributed by atoms with E-state index in [0.717, 1.165) is 48.5 Å². The lowest BCUT2D eigenvalue weighted by Gasteiger charge is -2.28. The zero-order chi connectivity index (χ0) is 25.2. The van der Waals surface area contributed by atoms with Gasteiger partial charge in [0, 0.05) is 32.6 Å². The fourth-order valence-corrected chi connectivity index (χ4v) is 5.56. The summed E-state index contributed by atoms with van der Waals surface area (Å²) in [5.74, 6) is -3.08. The largest absolute Gasteiger partial charge is 0.362 e. The van der Waals surface area contributed by atoms with Crippen molar-refractivity contribution in [2.24, 2.45) is 11.8 Å². The smallest absolute Gasteiger partial charge is 0.243 e. The van der Waals surface area contributed by atoms with E-state index in [2.05, 4.69) is 20.0 Å². The minimum Gasteiger partial charge on any atom is -0.362 e. The molecule has 0 aliphatic heterocycles. The topological polar surface area (TPSA) is 87.2 Å². The van der Waals surface area contributed by atoms with Gasteiger partial charge in [-0.1, -0.05) is 12.1 Å². The zero-order valence-corrected chi connectivity index (χ0v) is 20.4. The summed E-state index contributed by atoms with van der Waals surface area (Å²) in [4.78, 5) is 10.3. The van der Waals surface area contributed by atoms with Gasteiger partial charge in [-0.25, -0.2) is 31.3 Å². The van der Waals surface area contributed by atoms with Crippen LogP contribution >= 0.6 is 0 Å². The minimum absolute atomic E-state index is 0.0756. The van der Waals surface area contributed by atoms with E-state index in [9.17, 15) is 21.6 Å². The van der Waals surface area contributed by atoms with Gasteiger partial charge in [-0.15, -0.1) is 0 Å². The fourth-order valence-electron chi connectivity index (χ4n) is 4.38. The summed E-state index contributed by atoms with van der Waals surface area (Å²) >= 11 is 0. The van der Waals surface area contributed by atoms with Crippen LogP contribution in [-0.4, -0.2) is 45.6 Å². The van der Waals surface area contributed by atoms with E-state index < -0.39 is 32.4 Å². The van der Waals surface area contributed by atoms with Crippen molar-refractivity contribution in [3.63, 3.8) is 0 Å². The van der Waals surface area contributed by atoms with Crippen LogP contribution in [0.15, 0.2) is 41.3 Å². The zero-order valence-electron chi connectivity index (χ0n) is 19.6. The van der Waals surface area contributed by atoms with E-state index in [0.29, 0.717) is 24.5 Å². The van der Waals surface area contributed by atoms with Crippen LogP contribution in [0.2, 0.25) is 0 Å². The Morgan fingerprint density at radius 3 is 2.26 bits per heavy atom. The highest BCUT2D eigenvalue weighted by Crippen LogP contribution is 2.30. The fraction of sp³-hybridized carbons (Fsp3) is 0.417. The lowest BCUT2D eigenvalue weighted by molar-refractivity contribution is 0.284. The van der Waals surface area contributed by atoms with Crippen molar-refractivity contribution in [1.82, 2.24) is 14.7 Å². The van der Waals surface area contributed by atoms with Crippen LogP contribution in [0.1, 0.15) is 25.7 Å². The van der Waals surface area contributed by atoms with Crippen LogP contribution in [0, 0.1) is 29.3 Å². The predicted octanol–water partition coefficient (Wildman–Crippen LogP) is 4.31. The van der Waals surface area contributed by atoms with Gasteiger partial charge in [0.1, 0.15) is 10.7 Å². The van der Waals surface area contributed by atoms with Gasteiger partial charge in [0.25, 0.3) is 0 Å². The van der Waals surface area contributed by atoms with Crippen LogP contribution in [0.25, 0.3) is 10.9 Å². The first-order valence-electron chi connectivity index (χ1n) is 11.5. The lowest BCUT2D eigenvalue weighted by atomic mass is 9.82. The second-order valence-corrected chi connectivity index (χ2v) is 10.8. The summed E-state index contributed by atoms with van der Waals surface area (Å²) in [7, 11) is -0.404. The Morgan fingerprint density at radius 2 is 1.57 bits per heavy atom. The Morgan fingerprint density at radius 1 is 0.914 bits per heavy atom. The second-order valence-electron chi connectivity index (χ2n) is 9.08. The predicted molar refractivity (Wildman–Crippen MR) is 129 cm³/mol. The summed E-state index contributed by atoms with van der Waals surface area (Å²) in [6.07, 6.45) is 3.34. The molecule has 1 aliphatic rings. The maximum absolute atomic E-state index is 13.9. The molecule has 1 saturated carbocycles. The van der Waals surface area contributed by atoms with Gasteiger partial charge in [-0.05, 0) is 61.8 Å². The van der Waals surface area contributed by atoms with Crippen LogP contribution < -0.4 is 14.9 Å². The maximum atomic E-state index is 13.9. The van der Waals surface area contributed by atoms with Crippen molar-refractivity contribution in [2.75, 3.05) is 37.4 Å². The minimum atomic E-state index is -4.28. The van der Waals surface area contributed by atoms with Gasteiger partial charge >= 0.3 is 0 Å². The van der Waals surface area contributed by atoms with E-state index in [1.165, 1.54) is 0 Å². The highest BCUT2D eigenvalue weighted by molar-refractivity contribution is 7.89. The van der Waals surface area contributed by atoms with Gasteiger partial charge in [0.05, 0.1) is 5.52 Å². The Kier molecular flexibility index (Phi) is 7.46. The molecule has 0 saturated heterocycles. The standard InChI is InChI=1S/C24H28F3N5O2S/c1-32(2)23-17-5-3-4-6-19(17)30-24(31-23)28-13-15-7-9-16(10-8-15)14-29-35(33,34)20-12-11-18(25)21(26)22(20)27/h3-6,11-12,15-16,29H,7-10,13-14H2,1-2H3,(H,28,30,31)/t15-,16-. The molecule has 1 heterocycles. The molecule has 0 spiro atoms. The first-order valence-corrected chi connectivity index (χ1v) is 12.9. The van der Waals surface area contributed by atoms with E-state index >= 15 is 0 Å². The maximum Gasteiger partial charge on any atom is 0.243 e. The molecule has 188 valence electrons. The number of nitrogens with zero attached hydrogens (tertiary/aromatic N) is 3. The molecule has 0 amide bonds. The monoisotopic (exact) mass is 507 g/mol. The number of halogens is 3. The Hall–Kier alpha value is -2.92. The van der Waals surface area contributed by atoms with Gasteiger partial charge in [-0.3, -0.25) is 0 Å². The Bertz CT molecular complexity index is 1310.